The van der Waals surface area contributed by atoms with E-state index in [0.717, 1.165) is 13.1 Å². The Bertz CT molecular complexity index is 431. The Morgan fingerprint density at radius 3 is 2.24 bits per heavy atom. The van der Waals surface area contributed by atoms with Gasteiger partial charge in [-0.1, -0.05) is 0 Å². The number of rotatable bonds is 3. The number of carbonyl (C=O) groups is 2. The summed E-state index contributed by atoms with van der Waals surface area (Å²) in [6.45, 7) is 4.49. The molecule has 1 aromatic heterocycles. The number of hydrogen-bond acceptors (Lipinski definition) is 7. The monoisotopic (exact) mass is 551 g/mol. The Morgan fingerprint density at radius 2 is 1.76 bits per heavy atom. The Morgan fingerprint density at radius 1 is 1.24 bits per heavy atom. The third-order valence-electron chi connectivity index (χ3n) is 2.49. The molecule has 0 aliphatic carbocycles. The fourth-order valence-corrected chi connectivity index (χ4v) is 2.70. The molecule has 1 aromatic rings. The van der Waals surface area contributed by atoms with Gasteiger partial charge in [-0.25, -0.2) is 4.79 Å². The van der Waals surface area contributed by atoms with Gasteiger partial charge in [-0.05, 0) is 38.1 Å². The van der Waals surface area contributed by atoms with Crippen molar-refractivity contribution in [2.24, 2.45) is 0 Å². The average Bonchev–Trinajstić information content (AvgIpc) is 3.00. The van der Waals surface area contributed by atoms with Crippen molar-refractivity contribution in [2.75, 3.05) is 24.6 Å². The summed E-state index contributed by atoms with van der Waals surface area (Å²) in [4.78, 5) is 22.8. The molecule has 0 aromatic carbocycles. The fourth-order valence-electron chi connectivity index (χ4n) is 1.75. The third kappa shape index (κ3) is 10.7. The second-order valence-electron chi connectivity index (χ2n) is 3.80. The van der Waals surface area contributed by atoms with Crippen molar-refractivity contribution in [3.63, 3.8) is 0 Å². The molecule has 21 heavy (non-hydrogen) atoms. The van der Waals surface area contributed by atoms with Crippen molar-refractivity contribution in [1.29, 1.82) is 0 Å². The van der Waals surface area contributed by atoms with E-state index >= 15 is 0 Å². The smallest absolute Gasteiger partial charge is 0.652 e. The Balaban J connectivity index is 0. The second-order valence-corrected chi connectivity index (χ2v) is 4.86. The van der Waals surface area contributed by atoms with Crippen molar-refractivity contribution >= 4 is 28.5 Å². The maximum atomic E-state index is 11.4. The Hall–Kier alpha value is 2.34. The zero-order valence-electron chi connectivity index (χ0n) is 12.6. The van der Waals surface area contributed by atoms with E-state index in [-0.39, 0.29) is 144 Å². The molecule has 0 saturated carbocycles. The van der Waals surface area contributed by atoms with Crippen LogP contribution in [0.3, 0.4) is 0 Å². The first-order valence-electron chi connectivity index (χ1n) is 5.94. The summed E-state index contributed by atoms with van der Waals surface area (Å²) in [5.74, 6) is -0.201. The maximum Gasteiger partial charge on any atom is 1.00 e. The minimum Gasteiger partial charge on any atom is -0.652 e. The van der Waals surface area contributed by atoms with E-state index in [9.17, 15) is 4.79 Å². The number of carbonyl (C=O) groups excluding carboxylic acids is 2. The van der Waals surface area contributed by atoms with Crippen LogP contribution in [0.4, 0.5) is 9.80 Å². The van der Waals surface area contributed by atoms with Crippen LogP contribution in [-0.2, 0) is 4.74 Å². The molecule has 6 nitrogen and oxygen atoms in total. The summed E-state index contributed by atoms with van der Waals surface area (Å²) in [5.41, 5.74) is 0. The van der Waals surface area contributed by atoms with E-state index in [1.807, 2.05) is 19.1 Å². The Kier molecular flexibility index (Phi) is 17.9. The largest absolute Gasteiger partial charge is 1.00 e. The molecule has 0 radical (unpaired) electrons. The number of ether oxygens (including phenoxy) is 1. The van der Waals surface area contributed by atoms with E-state index in [1.54, 1.807) is 0 Å². The summed E-state index contributed by atoms with van der Waals surface area (Å²) >= 11 is 1.53. The SMILES string of the molecule is CCOC(=O)c1ccc(N2CCCC2)s1.O=C([O-])[O-].[Cs+].[Cs+]. The molecule has 0 N–H and O–H groups in total. The quantitative estimate of drug-likeness (QED) is 0.348. The predicted molar refractivity (Wildman–Crippen MR) is 67.1 cm³/mol. The van der Waals surface area contributed by atoms with Crippen LogP contribution >= 0.6 is 11.3 Å². The molecular weight excluding hydrogens is 536 g/mol. The van der Waals surface area contributed by atoms with Crippen LogP contribution in [-0.4, -0.2) is 31.8 Å². The van der Waals surface area contributed by atoms with Crippen LogP contribution in [0.25, 0.3) is 0 Å². The summed E-state index contributed by atoms with van der Waals surface area (Å²) in [6, 6.07) is 3.87. The van der Waals surface area contributed by atoms with Crippen molar-refractivity contribution in [3.05, 3.63) is 17.0 Å². The van der Waals surface area contributed by atoms with Gasteiger partial charge in [-0.15, -0.1) is 11.3 Å². The van der Waals surface area contributed by atoms with Gasteiger partial charge in [0.2, 0.25) is 0 Å². The number of carboxylic acid groups (broad SMARTS) is 2. The molecule has 0 unspecified atom stereocenters. The molecule has 106 valence electrons. The summed E-state index contributed by atoms with van der Waals surface area (Å²) in [7, 11) is 0. The van der Waals surface area contributed by atoms with Gasteiger partial charge in [-0.3, -0.25) is 0 Å². The number of nitrogens with zero attached hydrogens (tertiary/aromatic N) is 1. The molecule has 1 aliphatic rings. The van der Waals surface area contributed by atoms with E-state index in [4.69, 9.17) is 19.7 Å². The van der Waals surface area contributed by atoms with Crippen LogP contribution in [0.15, 0.2) is 12.1 Å². The number of anilines is 1. The van der Waals surface area contributed by atoms with Crippen molar-refractivity contribution in [1.82, 2.24) is 0 Å². The topological polar surface area (TPSA) is 92.7 Å². The maximum absolute atomic E-state index is 11.4. The van der Waals surface area contributed by atoms with Crippen molar-refractivity contribution in [3.8, 4) is 0 Å². The standard InChI is InChI=1S/C11H15NO2S.CH2O3.2Cs/c1-2-14-11(13)9-5-6-10(15-9)12-7-3-4-8-12;2-1(3)4;;/h5-6H,2-4,7-8H2,1H3;(H2,2,3,4);;/q;;2*+1/p-2. The van der Waals surface area contributed by atoms with E-state index in [0.29, 0.717) is 11.5 Å². The van der Waals surface area contributed by atoms with Crippen LogP contribution in [0.2, 0.25) is 0 Å². The van der Waals surface area contributed by atoms with E-state index in [1.165, 1.54) is 29.2 Å². The first-order chi connectivity index (χ1) is 9.04. The van der Waals surface area contributed by atoms with Crippen LogP contribution in [0.1, 0.15) is 29.4 Å². The molecule has 2 rings (SSSR count). The summed E-state index contributed by atoms with van der Waals surface area (Å²) in [5, 5.41) is 17.9. The van der Waals surface area contributed by atoms with E-state index < -0.39 is 6.16 Å². The summed E-state index contributed by atoms with van der Waals surface area (Å²) < 4.78 is 4.96. The van der Waals surface area contributed by atoms with Crippen LogP contribution in [0.5, 0.6) is 0 Å². The first-order valence-corrected chi connectivity index (χ1v) is 6.76. The Labute approximate surface area is 245 Å². The molecule has 1 aliphatic heterocycles. The number of esters is 1. The van der Waals surface area contributed by atoms with Gasteiger partial charge in [0.05, 0.1) is 11.6 Å². The van der Waals surface area contributed by atoms with Gasteiger partial charge in [0.1, 0.15) is 4.88 Å². The van der Waals surface area contributed by atoms with Gasteiger partial charge >= 0.3 is 144 Å². The molecule has 1 saturated heterocycles. The first kappa shape index (κ1) is 25.6. The molecule has 9 heteroatoms. The number of thiophene rings is 1. The third-order valence-corrected chi connectivity index (χ3v) is 3.61. The van der Waals surface area contributed by atoms with E-state index in [2.05, 4.69) is 4.90 Å². The molecule has 2 heterocycles. The minimum atomic E-state index is -2.33. The van der Waals surface area contributed by atoms with Crippen LogP contribution < -0.4 is 153 Å². The van der Waals surface area contributed by atoms with Crippen molar-refractivity contribution < 1.29 is 162 Å². The van der Waals surface area contributed by atoms with Gasteiger partial charge in [0.15, 0.2) is 0 Å². The normalized spacial score (nSPS) is 12.3. The number of hydrogen-bond donors (Lipinski definition) is 0. The second kappa shape index (κ2) is 14.7. The predicted octanol–water partition coefficient (Wildman–Crippen LogP) is -5.91. The minimum absolute atomic E-state index is 0. The molecular formula is C12H15Cs2NO5S. The molecule has 0 atom stereocenters. The zero-order valence-corrected chi connectivity index (χ0v) is 26.0. The van der Waals surface area contributed by atoms with Gasteiger partial charge in [0.25, 0.3) is 0 Å². The summed E-state index contributed by atoms with van der Waals surface area (Å²) in [6.07, 6.45) is 0.180. The van der Waals surface area contributed by atoms with Gasteiger partial charge in [0, 0.05) is 13.1 Å². The van der Waals surface area contributed by atoms with Crippen molar-refractivity contribution in [2.45, 2.75) is 19.8 Å². The molecule has 1 fully saturated rings. The average molecular weight is 551 g/mol. The zero-order chi connectivity index (χ0) is 14.3. The molecule has 0 bridgehead atoms. The van der Waals surface area contributed by atoms with Crippen LogP contribution in [0, 0.1) is 0 Å². The molecule has 0 amide bonds. The van der Waals surface area contributed by atoms with Gasteiger partial charge in [-0.2, -0.15) is 0 Å². The fraction of sp³-hybridized carbons (Fsp3) is 0.500. The van der Waals surface area contributed by atoms with Gasteiger partial charge < -0.3 is 24.6 Å². The molecule has 0 spiro atoms.